The number of rotatable bonds is 6. The van der Waals surface area contributed by atoms with Gasteiger partial charge in [0, 0.05) is 0 Å². The zero-order chi connectivity index (χ0) is 15.6. The lowest BCUT2D eigenvalue weighted by molar-refractivity contribution is -0.0295. The number of nitrogens with zero attached hydrogens (tertiary/aromatic N) is 3. The van der Waals surface area contributed by atoms with E-state index < -0.39 is 32.3 Å². The highest BCUT2D eigenvalue weighted by Gasteiger charge is 2.49. The van der Waals surface area contributed by atoms with E-state index in [9.17, 15) is 13.6 Å². The molecule has 1 aliphatic heterocycles. The monoisotopic (exact) mass is 327 g/mol. The SMILES string of the molecule is NC(=O)c1ncn([C@H]2CCC(CO[P+](O)(O)C(F)F)O2)n1. The summed E-state index contributed by atoms with van der Waals surface area (Å²) in [5.74, 6) is -0.939. The van der Waals surface area contributed by atoms with Gasteiger partial charge in [-0.05, 0) is 12.8 Å². The molecule has 0 spiro atoms. The summed E-state index contributed by atoms with van der Waals surface area (Å²) in [6.07, 6.45) is -2.29. The molecule has 118 valence electrons. The highest BCUT2D eigenvalue weighted by atomic mass is 31.2. The highest BCUT2D eigenvalue weighted by molar-refractivity contribution is 7.59. The smallest absolute Gasteiger partial charge is 0.363 e. The Morgan fingerprint density at radius 3 is 2.90 bits per heavy atom. The van der Waals surface area contributed by atoms with E-state index in [-0.39, 0.29) is 12.4 Å². The minimum atomic E-state index is -4.68. The molecule has 1 fully saturated rings. The van der Waals surface area contributed by atoms with E-state index in [0.29, 0.717) is 12.8 Å². The second-order valence-corrected chi connectivity index (χ2v) is 6.19. The van der Waals surface area contributed by atoms with E-state index >= 15 is 0 Å². The van der Waals surface area contributed by atoms with Gasteiger partial charge in [-0.3, -0.25) is 4.79 Å². The third-order valence-electron chi connectivity index (χ3n) is 2.81. The van der Waals surface area contributed by atoms with Crippen LogP contribution in [-0.2, 0) is 9.26 Å². The molecule has 2 heterocycles. The van der Waals surface area contributed by atoms with Crippen molar-refractivity contribution in [1.29, 1.82) is 0 Å². The molecule has 2 atom stereocenters. The van der Waals surface area contributed by atoms with E-state index in [1.165, 1.54) is 11.0 Å². The van der Waals surface area contributed by atoms with Crippen LogP contribution in [0.1, 0.15) is 29.7 Å². The van der Waals surface area contributed by atoms with Gasteiger partial charge in [-0.25, -0.2) is 9.67 Å². The number of hydrogen-bond donors (Lipinski definition) is 3. The molecule has 1 aliphatic rings. The lowest BCUT2D eigenvalue weighted by atomic mass is 10.2. The average molecular weight is 327 g/mol. The van der Waals surface area contributed by atoms with Gasteiger partial charge >= 0.3 is 14.1 Å². The predicted octanol–water partition coefficient (Wildman–Crippen LogP) is 0.0410. The van der Waals surface area contributed by atoms with Crippen molar-refractivity contribution >= 4 is 13.9 Å². The van der Waals surface area contributed by atoms with Crippen LogP contribution in [0.3, 0.4) is 0 Å². The van der Waals surface area contributed by atoms with Gasteiger partial charge < -0.3 is 10.5 Å². The molecule has 4 N–H and O–H groups in total. The van der Waals surface area contributed by atoms with Crippen LogP contribution in [-0.4, -0.2) is 49.3 Å². The van der Waals surface area contributed by atoms with Crippen LogP contribution in [0, 0.1) is 0 Å². The maximum absolute atomic E-state index is 12.2. The summed E-state index contributed by atoms with van der Waals surface area (Å²) in [4.78, 5) is 32.5. The van der Waals surface area contributed by atoms with Crippen molar-refractivity contribution in [3.8, 4) is 0 Å². The van der Waals surface area contributed by atoms with Crippen LogP contribution in [0.4, 0.5) is 8.78 Å². The second-order valence-electron chi connectivity index (χ2n) is 4.37. The number of hydrogen-bond acceptors (Lipinski definition) is 7. The Labute approximate surface area is 118 Å². The van der Waals surface area contributed by atoms with Gasteiger partial charge in [0.05, 0.1) is 6.10 Å². The third-order valence-corrected chi connectivity index (χ3v) is 3.85. The summed E-state index contributed by atoms with van der Waals surface area (Å²) < 4.78 is 35.6. The first-order valence-corrected chi connectivity index (χ1v) is 7.61. The van der Waals surface area contributed by atoms with Crippen molar-refractivity contribution < 1.29 is 32.6 Å². The van der Waals surface area contributed by atoms with E-state index in [1.54, 1.807) is 0 Å². The van der Waals surface area contributed by atoms with E-state index in [4.69, 9.17) is 20.3 Å². The Hall–Kier alpha value is -1.26. The fourth-order valence-electron chi connectivity index (χ4n) is 1.78. The number of carbonyl (C=O) groups is 1. The average Bonchev–Trinajstić information content (AvgIpc) is 3.05. The van der Waals surface area contributed by atoms with Gasteiger partial charge in [0.25, 0.3) is 5.91 Å². The van der Waals surface area contributed by atoms with Crippen molar-refractivity contribution in [1.82, 2.24) is 14.8 Å². The van der Waals surface area contributed by atoms with Crippen LogP contribution in [0.15, 0.2) is 6.33 Å². The maximum atomic E-state index is 12.2. The first-order valence-electron chi connectivity index (χ1n) is 5.93. The molecule has 2 rings (SSSR count). The number of carbonyl (C=O) groups excluding carboxylic acids is 1. The van der Waals surface area contributed by atoms with Crippen molar-refractivity contribution in [3.05, 3.63) is 12.2 Å². The Bertz CT molecular complexity index is 514. The summed E-state index contributed by atoms with van der Waals surface area (Å²) in [6.45, 7) is -0.376. The molecule has 1 aromatic rings. The lowest BCUT2D eigenvalue weighted by Crippen LogP contribution is -2.19. The third kappa shape index (κ3) is 3.89. The molecule has 1 amide bonds. The predicted molar refractivity (Wildman–Crippen MR) is 65.0 cm³/mol. The van der Waals surface area contributed by atoms with E-state index in [1.807, 2.05) is 0 Å². The number of alkyl halides is 2. The molecule has 0 bridgehead atoms. The molecule has 0 aromatic carbocycles. The molecule has 0 aliphatic carbocycles. The first-order chi connectivity index (χ1) is 9.79. The molecule has 1 aromatic heterocycles. The number of aromatic nitrogens is 3. The van der Waals surface area contributed by atoms with Gasteiger partial charge in [-0.1, -0.05) is 0 Å². The fraction of sp³-hybridized carbons (Fsp3) is 0.667. The Morgan fingerprint density at radius 1 is 1.62 bits per heavy atom. The maximum Gasteiger partial charge on any atom is 0.478 e. The largest absolute Gasteiger partial charge is 0.478 e. The number of nitrogens with two attached hydrogens (primary N) is 1. The van der Waals surface area contributed by atoms with Crippen LogP contribution < -0.4 is 5.73 Å². The summed E-state index contributed by atoms with van der Waals surface area (Å²) in [7, 11) is -4.68. The van der Waals surface area contributed by atoms with E-state index in [2.05, 4.69) is 14.6 Å². The minimum absolute atomic E-state index is 0.161. The highest BCUT2D eigenvalue weighted by Crippen LogP contribution is 2.57. The zero-order valence-corrected chi connectivity index (χ0v) is 11.6. The minimum Gasteiger partial charge on any atom is -0.363 e. The molecule has 12 heteroatoms. The normalized spacial score (nSPS) is 22.9. The van der Waals surface area contributed by atoms with Gasteiger partial charge in [0.2, 0.25) is 5.82 Å². The van der Waals surface area contributed by atoms with Crippen molar-refractivity contribution in [2.24, 2.45) is 5.73 Å². The van der Waals surface area contributed by atoms with Crippen LogP contribution in [0.2, 0.25) is 0 Å². The molecule has 0 radical (unpaired) electrons. The lowest BCUT2D eigenvalue weighted by Gasteiger charge is -2.14. The van der Waals surface area contributed by atoms with Crippen LogP contribution in [0.25, 0.3) is 0 Å². The number of ether oxygens (including phenoxy) is 1. The Balaban J connectivity index is 1.87. The summed E-state index contributed by atoms with van der Waals surface area (Å²) in [6, 6.07) is 0. The number of halogens is 2. The quantitative estimate of drug-likeness (QED) is 0.628. The number of amides is 1. The van der Waals surface area contributed by atoms with Gasteiger partial charge in [0.1, 0.15) is 12.9 Å². The molecular formula is C9H14F2N4O5P+. The van der Waals surface area contributed by atoms with Crippen molar-refractivity contribution in [2.45, 2.75) is 31.3 Å². The molecule has 1 unspecified atom stereocenters. The van der Waals surface area contributed by atoms with Crippen LogP contribution in [0.5, 0.6) is 0 Å². The standard InChI is InChI=1S/C9H13F2N4O5P/c10-9(11)21(17,18)19-3-5-1-2-6(20-5)15-4-13-8(14-15)7(12)16/h4-6,9,17-18H,1-3H2,(H-,12,16)/p+1/t5?,6-/m1/s1. The Morgan fingerprint density at radius 2 is 2.33 bits per heavy atom. The molecular weight excluding hydrogens is 313 g/mol. The molecule has 9 nitrogen and oxygen atoms in total. The van der Waals surface area contributed by atoms with Gasteiger partial charge in [0.15, 0.2) is 6.23 Å². The van der Waals surface area contributed by atoms with E-state index in [0.717, 1.165) is 0 Å². The van der Waals surface area contributed by atoms with Crippen molar-refractivity contribution in [3.63, 3.8) is 0 Å². The van der Waals surface area contributed by atoms with Gasteiger partial charge in [-0.15, -0.1) is 5.10 Å². The van der Waals surface area contributed by atoms with Crippen LogP contribution >= 0.6 is 7.94 Å². The summed E-state index contributed by atoms with van der Waals surface area (Å²) >= 11 is 0. The second kappa shape index (κ2) is 6.24. The molecule has 21 heavy (non-hydrogen) atoms. The summed E-state index contributed by atoms with van der Waals surface area (Å²) in [5.41, 5.74) is 5.02. The molecule has 0 saturated carbocycles. The summed E-state index contributed by atoms with van der Waals surface area (Å²) in [5, 5.41) is 3.82. The van der Waals surface area contributed by atoms with Gasteiger partial charge in [-0.2, -0.15) is 23.1 Å². The topological polar surface area (TPSA) is 133 Å². The molecule has 1 saturated heterocycles. The zero-order valence-electron chi connectivity index (χ0n) is 10.7. The Kier molecular flexibility index (Phi) is 4.79. The fourth-order valence-corrected chi connectivity index (χ4v) is 2.28. The van der Waals surface area contributed by atoms with Crippen molar-refractivity contribution in [2.75, 3.05) is 6.61 Å². The number of primary amides is 1. The first kappa shape index (κ1) is 16.1.